The van der Waals surface area contributed by atoms with E-state index >= 15 is 0 Å². The number of hydrogen-bond donors (Lipinski definition) is 2. The van der Waals surface area contributed by atoms with E-state index in [0.29, 0.717) is 0 Å². The number of aliphatic hydroxyl groups excluding tert-OH is 1. The molecule has 2 aromatic heterocycles. The van der Waals surface area contributed by atoms with Crippen LogP contribution in [0.4, 0.5) is 0 Å². The molecule has 5 nitrogen and oxygen atoms in total. The summed E-state index contributed by atoms with van der Waals surface area (Å²) < 4.78 is 1.83. The molecule has 0 aromatic carbocycles. The first kappa shape index (κ1) is 8.00. The van der Waals surface area contributed by atoms with Gasteiger partial charge in [-0.2, -0.15) is 0 Å². The fraction of sp³-hybridized carbons (Fsp3) is 0.250. The molecule has 2 aromatic rings. The summed E-state index contributed by atoms with van der Waals surface area (Å²) in [4.78, 5) is 11.0. The zero-order chi connectivity index (χ0) is 9.26. The van der Waals surface area contributed by atoms with Crippen molar-refractivity contribution in [1.29, 1.82) is 0 Å². The van der Waals surface area contributed by atoms with Crippen molar-refractivity contribution in [1.82, 2.24) is 19.5 Å². The Kier molecular flexibility index (Phi) is 1.86. The monoisotopic (exact) mass is 178 g/mol. The summed E-state index contributed by atoms with van der Waals surface area (Å²) in [5.41, 5.74) is 1.63. The largest absolute Gasteiger partial charge is 0.390 e. The van der Waals surface area contributed by atoms with Gasteiger partial charge in [0.25, 0.3) is 0 Å². The van der Waals surface area contributed by atoms with E-state index < -0.39 is 0 Å². The highest BCUT2D eigenvalue weighted by molar-refractivity contribution is 5.48. The molecule has 0 unspecified atom stereocenters. The topological polar surface area (TPSA) is 66.7 Å². The first-order valence-electron chi connectivity index (χ1n) is 3.93. The minimum atomic E-state index is -0.00234. The van der Waals surface area contributed by atoms with Gasteiger partial charge >= 0.3 is 0 Å². The molecule has 2 rings (SSSR count). The second-order valence-electron chi connectivity index (χ2n) is 2.76. The summed E-state index contributed by atoms with van der Waals surface area (Å²) in [6.45, 7) is -0.00234. The Morgan fingerprint density at radius 2 is 2.38 bits per heavy atom. The van der Waals surface area contributed by atoms with Gasteiger partial charge in [-0.15, -0.1) is 0 Å². The molecule has 68 valence electrons. The predicted octanol–water partition coefficient (Wildman–Crippen LogP) is 0.302. The summed E-state index contributed by atoms with van der Waals surface area (Å²) in [7, 11) is 1.86. The second-order valence-corrected chi connectivity index (χ2v) is 2.76. The summed E-state index contributed by atoms with van der Waals surface area (Å²) in [6, 6.07) is 0. The average molecular weight is 178 g/mol. The number of H-pyrrole nitrogens is 1. The number of nitrogens with zero attached hydrogens (tertiary/aromatic N) is 3. The van der Waals surface area contributed by atoms with Gasteiger partial charge in [0.2, 0.25) is 0 Å². The number of rotatable bonds is 2. The Labute approximate surface area is 75.1 Å². The third-order valence-corrected chi connectivity index (χ3v) is 1.99. The van der Waals surface area contributed by atoms with E-state index in [4.69, 9.17) is 5.11 Å². The molecular weight excluding hydrogens is 168 g/mol. The summed E-state index contributed by atoms with van der Waals surface area (Å²) >= 11 is 0. The quantitative estimate of drug-likeness (QED) is 0.695. The van der Waals surface area contributed by atoms with E-state index in [1.807, 2.05) is 11.6 Å². The van der Waals surface area contributed by atoms with Crippen LogP contribution in [0.1, 0.15) is 5.69 Å². The van der Waals surface area contributed by atoms with Crippen LogP contribution in [0.3, 0.4) is 0 Å². The third kappa shape index (κ3) is 1.23. The van der Waals surface area contributed by atoms with Gasteiger partial charge < -0.3 is 14.7 Å². The van der Waals surface area contributed by atoms with E-state index in [1.54, 1.807) is 18.7 Å². The fourth-order valence-corrected chi connectivity index (χ4v) is 1.22. The zero-order valence-corrected chi connectivity index (χ0v) is 7.23. The van der Waals surface area contributed by atoms with Gasteiger partial charge in [-0.1, -0.05) is 0 Å². The zero-order valence-electron chi connectivity index (χ0n) is 7.23. The van der Waals surface area contributed by atoms with Gasteiger partial charge in [-0.25, -0.2) is 9.97 Å². The van der Waals surface area contributed by atoms with Gasteiger partial charge in [0, 0.05) is 7.05 Å². The van der Waals surface area contributed by atoms with E-state index in [-0.39, 0.29) is 6.61 Å². The third-order valence-electron chi connectivity index (χ3n) is 1.99. The Balaban J connectivity index is 2.48. The standard InChI is InChI=1S/C8H10N4O/c1-12-6(4-13)2-10-8(12)7-3-9-5-11-7/h2-3,5,13H,4H2,1H3,(H,9,11). The maximum absolute atomic E-state index is 8.94. The van der Waals surface area contributed by atoms with Crippen LogP contribution < -0.4 is 0 Å². The van der Waals surface area contributed by atoms with Gasteiger partial charge in [-0.05, 0) is 0 Å². The maximum atomic E-state index is 8.94. The van der Waals surface area contributed by atoms with Crippen molar-refractivity contribution >= 4 is 0 Å². The van der Waals surface area contributed by atoms with Crippen molar-refractivity contribution in [3.05, 3.63) is 24.4 Å². The van der Waals surface area contributed by atoms with E-state index in [2.05, 4.69) is 15.0 Å². The number of aromatic amines is 1. The van der Waals surface area contributed by atoms with Crippen LogP contribution >= 0.6 is 0 Å². The summed E-state index contributed by atoms with van der Waals surface area (Å²) in [5.74, 6) is 0.779. The first-order valence-corrected chi connectivity index (χ1v) is 3.93. The second kappa shape index (κ2) is 3.02. The van der Waals surface area contributed by atoms with Crippen molar-refractivity contribution in [2.24, 2.45) is 7.05 Å². The van der Waals surface area contributed by atoms with Crippen molar-refractivity contribution < 1.29 is 5.11 Å². The number of aliphatic hydroxyl groups is 1. The van der Waals surface area contributed by atoms with Crippen molar-refractivity contribution in [2.75, 3.05) is 0 Å². The molecule has 13 heavy (non-hydrogen) atoms. The molecule has 0 saturated carbocycles. The van der Waals surface area contributed by atoms with Crippen LogP contribution in [0.2, 0.25) is 0 Å². The lowest BCUT2D eigenvalue weighted by molar-refractivity contribution is 0.273. The Bertz CT molecular complexity index is 390. The Morgan fingerprint density at radius 3 is 2.92 bits per heavy atom. The lowest BCUT2D eigenvalue weighted by Crippen LogP contribution is -1.98. The van der Waals surface area contributed by atoms with E-state index in [0.717, 1.165) is 17.2 Å². The predicted molar refractivity (Wildman–Crippen MR) is 46.7 cm³/mol. The number of nitrogens with one attached hydrogen (secondary N) is 1. The molecule has 0 fully saturated rings. The molecule has 0 saturated heterocycles. The molecule has 0 aliphatic rings. The molecule has 0 spiro atoms. The number of aromatic nitrogens is 4. The minimum absolute atomic E-state index is 0.00234. The highest BCUT2D eigenvalue weighted by Crippen LogP contribution is 2.14. The molecule has 0 aliphatic carbocycles. The summed E-state index contributed by atoms with van der Waals surface area (Å²) in [6.07, 6.45) is 4.95. The number of imidazole rings is 2. The van der Waals surface area contributed by atoms with Gasteiger partial charge in [0.1, 0.15) is 5.69 Å². The van der Waals surface area contributed by atoms with Crippen molar-refractivity contribution in [3.8, 4) is 11.5 Å². The van der Waals surface area contributed by atoms with Gasteiger partial charge in [0.05, 0.1) is 31.0 Å². The molecule has 0 bridgehead atoms. The molecule has 0 aliphatic heterocycles. The molecule has 0 atom stereocenters. The minimum Gasteiger partial charge on any atom is -0.390 e. The highest BCUT2D eigenvalue weighted by atomic mass is 16.3. The lowest BCUT2D eigenvalue weighted by atomic mass is 10.4. The SMILES string of the molecule is Cn1c(CO)cnc1-c1cnc[nH]1. The van der Waals surface area contributed by atoms with Gasteiger partial charge in [-0.3, -0.25) is 0 Å². The molecule has 2 N–H and O–H groups in total. The first-order chi connectivity index (χ1) is 6.33. The molecule has 2 heterocycles. The fourth-order valence-electron chi connectivity index (χ4n) is 1.22. The van der Waals surface area contributed by atoms with Crippen LogP contribution in [0.25, 0.3) is 11.5 Å². The van der Waals surface area contributed by atoms with Crippen LogP contribution in [-0.2, 0) is 13.7 Å². The van der Waals surface area contributed by atoms with Crippen LogP contribution in [0, 0.1) is 0 Å². The highest BCUT2D eigenvalue weighted by Gasteiger charge is 2.07. The maximum Gasteiger partial charge on any atom is 0.158 e. The molecule has 0 amide bonds. The molecule has 0 radical (unpaired) electrons. The van der Waals surface area contributed by atoms with Crippen LogP contribution in [0.15, 0.2) is 18.7 Å². The number of hydrogen-bond acceptors (Lipinski definition) is 3. The van der Waals surface area contributed by atoms with Crippen LogP contribution in [0.5, 0.6) is 0 Å². The average Bonchev–Trinajstić information content (AvgIpc) is 2.72. The Morgan fingerprint density at radius 1 is 1.54 bits per heavy atom. The van der Waals surface area contributed by atoms with E-state index in [1.165, 1.54) is 0 Å². The smallest absolute Gasteiger partial charge is 0.158 e. The summed E-state index contributed by atoms with van der Waals surface area (Å²) in [5, 5.41) is 8.94. The van der Waals surface area contributed by atoms with Gasteiger partial charge in [0.15, 0.2) is 5.82 Å². The van der Waals surface area contributed by atoms with E-state index in [9.17, 15) is 0 Å². The normalized spacial score (nSPS) is 10.6. The van der Waals surface area contributed by atoms with Crippen molar-refractivity contribution in [2.45, 2.75) is 6.61 Å². The van der Waals surface area contributed by atoms with Crippen LogP contribution in [-0.4, -0.2) is 24.6 Å². The molecular formula is C8H10N4O. The molecule has 5 heteroatoms. The lowest BCUT2D eigenvalue weighted by Gasteiger charge is -2.00. The van der Waals surface area contributed by atoms with Crippen molar-refractivity contribution in [3.63, 3.8) is 0 Å². The Hall–Kier alpha value is -1.62.